The van der Waals surface area contributed by atoms with Gasteiger partial charge in [0.1, 0.15) is 0 Å². The Hall–Kier alpha value is -3.07. The number of hydrogen-bond acceptors (Lipinski definition) is 2. The maximum Gasteiger partial charge on any atom is 0.258 e. The second kappa shape index (κ2) is 7.04. The molecule has 130 valence electrons. The molecule has 0 aliphatic carbocycles. The molecule has 1 aliphatic heterocycles. The minimum Gasteiger partial charge on any atom is -0.382 e. The van der Waals surface area contributed by atoms with Crippen molar-refractivity contribution in [3.8, 4) is 0 Å². The number of amides is 1. The molecule has 0 saturated heterocycles. The van der Waals surface area contributed by atoms with Gasteiger partial charge < -0.3 is 10.2 Å². The first-order valence-electron chi connectivity index (χ1n) is 9.03. The first-order valence-corrected chi connectivity index (χ1v) is 9.03. The van der Waals surface area contributed by atoms with Gasteiger partial charge in [-0.1, -0.05) is 54.6 Å². The molecule has 26 heavy (non-hydrogen) atoms. The summed E-state index contributed by atoms with van der Waals surface area (Å²) in [5.74, 6) is 0.0331. The van der Waals surface area contributed by atoms with Gasteiger partial charge in [-0.25, -0.2) is 0 Å². The lowest BCUT2D eigenvalue weighted by Crippen LogP contribution is -2.40. The van der Waals surface area contributed by atoms with E-state index in [0.717, 1.165) is 17.8 Å². The number of para-hydroxylation sites is 2. The molecule has 1 heterocycles. The van der Waals surface area contributed by atoms with Crippen LogP contribution in [0.15, 0.2) is 84.9 Å². The SMILES string of the molecule is C[C@@H]1C[C@@H](N(C(=O)c2ccccc2)c2ccccc2)c2ccccc2N1. The van der Waals surface area contributed by atoms with Crippen molar-refractivity contribution < 1.29 is 4.79 Å². The van der Waals surface area contributed by atoms with E-state index in [-0.39, 0.29) is 11.9 Å². The summed E-state index contributed by atoms with van der Waals surface area (Å²) in [5.41, 5.74) is 3.91. The van der Waals surface area contributed by atoms with Gasteiger partial charge in [0.2, 0.25) is 0 Å². The van der Waals surface area contributed by atoms with Crippen LogP contribution in [0.5, 0.6) is 0 Å². The van der Waals surface area contributed by atoms with Gasteiger partial charge in [-0.3, -0.25) is 4.79 Å². The molecule has 0 spiro atoms. The van der Waals surface area contributed by atoms with Crippen LogP contribution < -0.4 is 10.2 Å². The topological polar surface area (TPSA) is 32.3 Å². The number of nitrogens with one attached hydrogen (secondary N) is 1. The standard InChI is InChI=1S/C23H22N2O/c1-17-16-22(20-14-8-9-15-21(20)24-17)25(19-12-6-3-7-13-19)23(26)18-10-4-2-5-11-18/h2-15,17,22,24H,16H2,1H3/t17-,22-/m1/s1. The predicted octanol–water partition coefficient (Wildman–Crippen LogP) is 5.28. The average Bonchev–Trinajstić information content (AvgIpc) is 2.69. The Labute approximate surface area is 154 Å². The molecule has 0 bridgehead atoms. The number of nitrogens with zero attached hydrogens (tertiary/aromatic N) is 1. The van der Waals surface area contributed by atoms with Gasteiger partial charge in [-0.2, -0.15) is 0 Å². The highest BCUT2D eigenvalue weighted by atomic mass is 16.2. The summed E-state index contributed by atoms with van der Waals surface area (Å²) in [7, 11) is 0. The number of hydrogen-bond donors (Lipinski definition) is 1. The second-order valence-electron chi connectivity index (χ2n) is 6.76. The summed E-state index contributed by atoms with van der Waals surface area (Å²) < 4.78 is 0. The Morgan fingerprint density at radius 2 is 1.50 bits per heavy atom. The molecule has 1 amide bonds. The van der Waals surface area contributed by atoms with Crippen LogP contribution >= 0.6 is 0 Å². The van der Waals surface area contributed by atoms with E-state index in [2.05, 4.69) is 24.4 Å². The third-order valence-corrected chi connectivity index (χ3v) is 4.88. The smallest absolute Gasteiger partial charge is 0.258 e. The zero-order valence-electron chi connectivity index (χ0n) is 14.8. The third kappa shape index (κ3) is 3.08. The van der Waals surface area contributed by atoms with Crippen molar-refractivity contribution in [1.82, 2.24) is 0 Å². The second-order valence-corrected chi connectivity index (χ2v) is 6.76. The summed E-state index contributed by atoms with van der Waals surface area (Å²) in [5, 5.41) is 3.54. The van der Waals surface area contributed by atoms with E-state index < -0.39 is 0 Å². The summed E-state index contributed by atoms with van der Waals surface area (Å²) in [4.78, 5) is 15.4. The molecule has 0 saturated carbocycles. The van der Waals surface area contributed by atoms with Gasteiger partial charge in [-0.05, 0) is 49.2 Å². The highest BCUT2D eigenvalue weighted by Gasteiger charge is 2.33. The summed E-state index contributed by atoms with van der Waals surface area (Å²) in [6.45, 7) is 2.17. The van der Waals surface area contributed by atoms with Gasteiger partial charge in [0, 0.05) is 23.0 Å². The fourth-order valence-corrected chi connectivity index (χ4v) is 3.70. The van der Waals surface area contributed by atoms with Crippen molar-refractivity contribution in [3.05, 3.63) is 96.1 Å². The Morgan fingerprint density at radius 1 is 0.885 bits per heavy atom. The van der Waals surface area contributed by atoms with Gasteiger partial charge in [0.15, 0.2) is 0 Å². The zero-order chi connectivity index (χ0) is 17.9. The van der Waals surface area contributed by atoms with E-state index in [1.807, 2.05) is 77.7 Å². The van der Waals surface area contributed by atoms with E-state index in [4.69, 9.17) is 0 Å². The van der Waals surface area contributed by atoms with Crippen molar-refractivity contribution in [2.45, 2.75) is 25.4 Å². The first-order chi connectivity index (χ1) is 12.7. The summed E-state index contributed by atoms with van der Waals surface area (Å²) >= 11 is 0. The fourth-order valence-electron chi connectivity index (χ4n) is 3.70. The molecular weight excluding hydrogens is 320 g/mol. The van der Waals surface area contributed by atoms with Gasteiger partial charge >= 0.3 is 0 Å². The van der Waals surface area contributed by atoms with Crippen molar-refractivity contribution in [2.75, 3.05) is 10.2 Å². The maximum absolute atomic E-state index is 13.5. The minimum atomic E-state index is -0.00226. The lowest BCUT2D eigenvalue weighted by Gasteiger charge is -2.39. The molecule has 1 aliphatic rings. The maximum atomic E-state index is 13.5. The molecule has 2 atom stereocenters. The molecule has 0 aromatic heterocycles. The number of carbonyl (C=O) groups is 1. The lowest BCUT2D eigenvalue weighted by atomic mass is 9.91. The molecule has 0 unspecified atom stereocenters. The van der Waals surface area contributed by atoms with Crippen LogP contribution in [0.1, 0.15) is 35.3 Å². The normalized spacial score (nSPS) is 18.5. The van der Waals surface area contributed by atoms with Crippen molar-refractivity contribution in [3.63, 3.8) is 0 Å². The molecular formula is C23H22N2O. The summed E-state index contributed by atoms with van der Waals surface area (Å²) in [6, 6.07) is 28.1. The molecule has 4 rings (SSSR count). The van der Waals surface area contributed by atoms with Crippen LogP contribution in [0.4, 0.5) is 11.4 Å². The molecule has 0 fully saturated rings. The molecule has 3 heteroatoms. The lowest BCUT2D eigenvalue weighted by molar-refractivity contribution is 0.0974. The van der Waals surface area contributed by atoms with Crippen LogP contribution in [0.3, 0.4) is 0 Å². The highest BCUT2D eigenvalue weighted by Crippen LogP contribution is 2.39. The number of anilines is 2. The molecule has 1 N–H and O–H groups in total. The average molecular weight is 342 g/mol. The van der Waals surface area contributed by atoms with E-state index in [0.29, 0.717) is 11.6 Å². The molecule has 3 aromatic rings. The number of fused-ring (bicyclic) bond motifs is 1. The van der Waals surface area contributed by atoms with Gasteiger partial charge in [0.05, 0.1) is 6.04 Å². The van der Waals surface area contributed by atoms with Crippen molar-refractivity contribution in [2.24, 2.45) is 0 Å². The van der Waals surface area contributed by atoms with Crippen LogP contribution in [0.25, 0.3) is 0 Å². The fraction of sp³-hybridized carbons (Fsp3) is 0.174. The minimum absolute atomic E-state index is 0.00226. The monoisotopic (exact) mass is 342 g/mol. The molecule has 3 aromatic carbocycles. The number of benzene rings is 3. The van der Waals surface area contributed by atoms with Crippen LogP contribution in [0, 0.1) is 0 Å². The highest BCUT2D eigenvalue weighted by molar-refractivity contribution is 6.06. The largest absolute Gasteiger partial charge is 0.382 e. The van der Waals surface area contributed by atoms with Crippen LogP contribution in [-0.4, -0.2) is 11.9 Å². The number of rotatable bonds is 3. The zero-order valence-corrected chi connectivity index (χ0v) is 14.8. The first kappa shape index (κ1) is 16.4. The van der Waals surface area contributed by atoms with Gasteiger partial charge in [-0.15, -0.1) is 0 Å². The van der Waals surface area contributed by atoms with Gasteiger partial charge in [0.25, 0.3) is 5.91 Å². The Morgan fingerprint density at radius 3 is 2.23 bits per heavy atom. The van der Waals surface area contributed by atoms with Crippen LogP contribution in [-0.2, 0) is 0 Å². The quantitative estimate of drug-likeness (QED) is 0.702. The summed E-state index contributed by atoms with van der Waals surface area (Å²) in [6.07, 6.45) is 0.866. The van der Waals surface area contributed by atoms with E-state index in [1.54, 1.807) is 0 Å². The van der Waals surface area contributed by atoms with Crippen molar-refractivity contribution in [1.29, 1.82) is 0 Å². The Kier molecular flexibility index (Phi) is 4.44. The van der Waals surface area contributed by atoms with Crippen LogP contribution in [0.2, 0.25) is 0 Å². The van der Waals surface area contributed by atoms with Crippen molar-refractivity contribution >= 4 is 17.3 Å². The Balaban J connectivity index is 1.83. The Bertz CT molecular complexity index is 892. The van der Waals surface area contributed by atoms with E-state index in [1.165, 1.54) is 5.56 Å². The van der Waals surface area contributed by atoms with E-state index >= 15 is 0 Å². The van der Waals surface area contributed by atoms with E-state index in [9.17, 15) is 4.79 Å². The predicted molar refractivity (Wildman–Crippen MR) is 107 cm³/mol. The number of carbonyl (C=O) groups excluding carboxylic acids is 1. The molecule has 3 nitrogen and oxygen atoms in total. The third-order valence-electron chi connectivity index (χ3n) is 4.88. The molecule has 0 radical (unpaired) electrons.